The maximum Gasteiger partial charge on any atom is 0.338 e. The monoisotopic (exact) mass is 420 g/mol. The van der Waals surface area contributed by atoms with E-state index in [0.717, 1.165) is 11.3 Å². The molecule has 7 heteroatoms. The maximum atomic E-state index is 13.3. The lowest BCUT2D eigenvalue weighted by Crippen LogP contribution is -2.39. The molecule has 0 saturated carbocycles. The van der Waals surface area contributed by atoms with Crippen LogP contribution in [0.2, 0.25) is 0 Å². The van der Waals surface area contributed by atoms with Crippen molar-refractivity contribution in [2.45, 2.75) is 19.9 Å². The van der Waals surface area contributed by atoms with E-state index in [2.05, 4.69) is 11.6 Å². The second-order valence-electron chi connectivity index (χ2n) is 6.83. The smallest absolute Gasteiger partial charge is 0.338 e. The van der Waals surface area contributed by atoms with Crippen LogP contribution in [0, 0.1) is 6.92 Å². The average molecular weight is 420 g/mol. The summed E-state index contributed by atoms with van der Waals surface area (Å²) in [5, 5.41) is 0. The molecule has 0 saturated heterocycles. The summed E-state index contributed by atoms with van der Waals surface area (Å²) in [5.41, 5.74) is 1.44. The molecule has 0 fully saturated rings. The standard InChI is InChI=1S/C23H20N2O4S/c1-4-12-28-22(27)19-15(3)24-23-25(20(19)16-8-6-5-7-9-16)21(26)18(30-23)13-17-11-10-14(2)29-17/h4-11,13,20H,1,12H2,2-3H3/b18-13-/t20-/m1/s1. The van der Waals surface area contributed by atoms with Gasteiger partial charge in [-0.2, -0.15) is 0 Å². The third-order valence-electron chi connectivity index (χ3n) is 4.72. The Labute approximate surface area is 176 Å². The highest BCUT2D eigenvalue weighted by atomic mass is 32.1. The molecule has 0 radical (unpaired) electrons. The highest BCUT2D eigenvalue weighted by Crippen LogP contribution is 2.30. The molecule has 1 aliphatic heterocycles. The molecular formula is C23H20N2O4S. The summed E-state index contributed by atoms with van der Waals surface area (Å²) in [6.07, 6.45) is 3.21. The fourth-order valence-electron chi connectivity index (χ4n) is 3.41. The van der Waals surface area contributed by atoms with Gasteiger partial charge in [-0.15, -0.1) is 0 Å². The summed E-state index contributed by atoms with van der Waals surface area (Å²) in [6, 6.07) is 12.4. The van der Waals surface area contributed by atoms with Crippen LogP contribution < -0.4 is 14.9 Å². The van der Waals surface area contributed by atoms with Gasteiger partial charge < -0.3 is 9.15 Å². The van der Waals surface area contributed by atoms with Gasteiger partial charge in [-0.3, -0.25) is 9.36 Å². The van der Waals surface area contributed by atoms with Crippen molar-refractivity contribution in [2.24, 2.45) is 4.99 Å². The topological polar surface area (TPSA) is 73.8 Å². The Kier molecular flexibility index (Phi) is 5.37. The zero-order chi connectivity index (χ0) is 21.3. The number of benzene rings is 1. The molecule has 0 spiro atoms. The Bertz CT molecular complexity index is 1330. The van der Waals surface area contributed by atoms with Crippen LogP contribution in [0.4, 0.5) is 0 Å². The number of nitrogens with zero attached hydrogens (tertiary/aromatic N) is 2. The number of rotatable bonds is 5. The van der Waals surface area contributed by atoms with Crippen LogP contribution in [-0.4, -0.2) is 17.1 Å². The molecular weight excluding hydrogens is 400 g/mol. The Balaban J connectivity index is 1.93. The first kappa shape index (κ1) is 19.8. The largest absolute Gasteiger partial charge is 0.462 e. The summed E-state index contributed by atoms with van der Waals surface area (Å²) in [7, 11) is 0. The van der Waals surface area contributed by atoms with Crippen LogP contribution in [0.5, 0.6) is 0 Å². The minimum absolute atomic E-state index is 0.0827. The van der Waals surface area contributed by atoms with E-state index < -0.39 is 12.0 Å². The molecule has 2 aromatic heterocycles. The third kappa shape index (κ3) is 3.59. The van der Waals surface area contributed by atoms with Crippen molar-refractivity contribution >= 4 is 23.4 Å². The van der Waals surface area contributed by atoms with Crippen molar-refractivity contribution < 1.29 is 13.9 Å². The predicted molar refractivity (Wildman–Crippen MR) is 115 cm³/mol. The molecule has 0 amide bonds. The van der Waals surface area contributed by atoms with Gasteiger partial charge in [0.05, 0.1) is 21.8 Å². The van der Waals surface area contributed by atoms with Gasteiger partial charge in [0.1, 0.15) is 18.1 Å². The zero-order valence-electron chi connectivity index (χ0n) is 16.6. The van der Waals surface area contributed by atoms with Gasteiger partial charge in [0.25, 0.3) is 5.56 Å². The summed E-state index contributed by atoms with van der Waals surface area (Å²) in [5.74, 6) is 0.843. The second-order valence-corrected chi connectivity index (χ2v) is 7.84. The lowest BCUT2D eigenvalue weighted by Gasteiger charge is -2.24. The number of esters is 1. The molecule has 3 aromatic rings. The van der Waals surface area contributed by atoms with Crippen LogP contribution in [0.1, 0.15) is 30.0 Å². The van der Waals surface area contributed by atoms with Crippen LogP contribution in [0.3, 0.4) is 0 Å². The molecule has 0 N–H and O–H groups in total. The van der Waals surface area contributed by atoms with E-state index in [1.807, 2.05) is 49.4 Å². The van der Waals surface area contributed by atoms with Gasteiger partial charge in [-0.1, -0.05) is 54.3 Å². The summed E-state index contributed by atoms with van der Waals surface area (Å²) < 4.78 is 12.9. The number of ether oxygens (including phenoxy) is 1. The molecule has 0 bridgehead atoms. The number of allylic oxidation sites excluding steroid dienone is 1. The van der Waals surface area contributed by atoms with Crippen molar-refractivity contribution in [1.29, 1.82) is 0 Å². The molecule has 1 aliphatic rings. The van der Waals surface area contributed by atoms with Crippen LogP contribution in [0.15, 0.2) is 80.6 Å². The van der Waals surface area contributed by atoms with E-state index in [1.165, 1.54) is 17.4 Å². The number of hydrogen-bond acceptors (Lipinski definition) is 6. The van der Waals surface area contributed by atoms with E-state index in [-0.39, 0.29) is 12.2 Å². The first-order valence-corrected chi connectivity index (χ1v) is 10.2. The lowest BCUT2D eigenvalue weighted by atomic mass is 9.96. The minimum atomic E-state index is -0.625. The Hall–Kier alpha value is -3.45. The van der Waals surface area contributed by atoms with E-state index in [1.54, 1.807) is 17.6 Å². The second kappa shape index (κ2) is 8.12. The quantitative estimate of drug-likeness (QED) is 0.470. The summed E-state index contributed by atoms with van der Waals surface area (Å²) in [6.45, 7) is 7.27. The molecule has 4 rings (SSSR count). The molecule has 30 heavy (non-hydrogen) atoms. The van der Waals surface area contributed by atoms with Crippen molar-refractivity contribution in [1.82, 2.24) is 4.57 Å². The molecule has 0 unspecified atom stereocenters. The minimum Gasteiger partial charge on any atom is -0.462 e. The molecule has 3 heterocycles. The van der Waals surface area contributed by atoms with E-state index in [4.69, 9.17) is 9.15 Å². The van der Waals surface area contributed by atoms with Gasteiger partial charge in [0.15, 0.2) is 4.80 Å². The van der Waals surface area contributed by atoms with Crippen molar-refractivity contribution in [2.75, 3.05) is 6.61 Å². The van der Waals surface area contributed by atoms with Gasteiger partial charge in [0.2, 0.25) is 0 Å². The van der Waals surface area contributed by atoms with Gasteiger partial charge in [-0.05, 0) is 31.5 Å². The summed E-state index contributed by atoms with van der Waals surface area (Å²) >= 11 is 1.27. The molecule has 1 aromatic carbocycles. The average Bonchev–Trinajstić information content (AvgIpc) is 3.28. The first-order chi connectivity index (χ1) is 14.5. The third-order valence-corrected chi connectivity index (χ3v) is 5.71. The van der Waals surface area contributed by atoms with Crippen LogP contribution in [-0.2, 0) is 9.53 Å². The number of carbonyl (C=O) groups is 1. The van der Waals surface area contributed by atoms with Gasteiger partial charge in [-0.25, -0.2) is 9.79 Å². The Morgan fingerprint density at radius 1 is 1.27 bits per heavy atom. The molecule has 0 aliphatic carbocycles. The molecule has 6 nitrogen and oxygen atoms in total. The fraction of sp³-hybridized carbons (Fsp3) is 0.174. The highest BCUT2D eigenvalue weighted by molar-refractivity contribution is 7.07. The number of thiazole rings is 1. The van der Waals surface area contributed by atoms with E-state index in [9.17, 15) is 9.59 Å². The highest BCUT2D eigenvalue weighted by Gasteiger charge is 2.33. The van der Waals surface area contributed by atoms with E-state index >= 15 is 0 Å². The zero-order valence-corrected chi connectivity index (χ0v) is 17.4. The lowest BCUT2D eigenvalue weighted by molar-refractivity contribution is -0.138. The Morgan fingerprint density at radius 2 is 2.03 bits per heavy atom. The van der Waals surface area contributed by atoms with Crippen molar-refractivity contribution in [3.8, 4) is 0 Å². The number of furan rings is 1. The molecule has 152 valence electrons. The molecule has 1 atom stereocenters. The predicted octanol–water partition coefficient (Wildman–Crippen LogP) is 2.87. The van der Waals surface area contributed by atoms with Crippen molar-refractivity contribution in [3.63, 3.8) is 0 Å². The number of aromatic nitrogens is 1. The van der Waals surface area contributed by atoms with Gasteiger partial charge in [0, 0.05) is 6.08 Å². The van der Waals surface area contributed by atoms with Gasteiger partial charge >= 0.3 is 5.97 Å². The maximum absolute atomic E-state index is 13.3. The normalized spacial score (nSPS) is 16.2. The first-order valence-electron chi connectivity index (χ1n) is 9.41. The van der Waals surface area contributed by atoms with E-state index in [0.29, 0.717) is 26.4 Å². The van der Waals surface area contributed by atoms with Crippen LogP contribution in [0.25, 0.3) is 6.08 Å². The number of hydrogen-bond donors (Lipinski definition) is 0. The number of aryl methyl sites for hydroxylation is 1. The van der Waals surface area contributed by atoms with Crippen LogP contribution >= 0.6 is 11.3 Å². The SMILES string of the molecule is C=CCOC(=O)C1=C(C)N=c2s/c(=C\c3ccc(C)o3)c(=O)n2[C@@H]1c1ccccc1. The van der Waals surface area contributed by atoms with Crippen molar-refractivity contribution in [3.05, 3.63) is 103 Å². The fourth-order valence-corrected chi connectivity index (χ4v) is 4.43. The number of fused-ring (bicyclic) bond motifs is 1. The summed E-state index contributed by atoms with van der Waals surface area (Å²) in [4.78, 5) is 31.3. The number of carbonyl (C=O) groups excluding carboxylic acids is 1. The Morgan fingerprint density at radius 3 is 2.70 bits per heavy atom.